The molecule has 0 aliphatic heterocycles. The molecule has 0 bridgehead atoms. The van der Waals surface area contributed by atoms with Crippen LogP contribution >= 0.6 is 23.2 Å². The molecule has 0 spiro atoms. The van der Waals surface area contributed by atoms with Gasteiger partial charge >= 0.3 is 0 Å². The van der Waals surface area contributed by atoms with E-state index in [9.17, 15) is 0 Å². The van der Waals surface area contributed by atoms with Crippen molar-refractivity contribution in [3.8, 4) is 0 Å². The number of halogens is 2. The third-order valence-electron chi connectivity index (χ3n) is 2.50. The first kappa shape index (κ1) is 16.1. The van der Waals surface area contributed by atoms with E-state index < -0.39 is 0 Å². The van der Waals surface area contributed by atoms with Crippen molar-refractivity contribution in [2.45, 2.75) is 13.0 Å². The molecule has 1 rings (SSSR count). The predicted octanol–water partition coefficient (Wildman–Crippen LogP) is 2.69. The number of aliphatic imine (C=N–C) groups is 1. The van der Waals surface area contributed by atoms with E-state index >= 15 is 0 Å². The van der Waals surface area contributed by atoms with Crippen molar-refractivity contribution in [3.63, 3.8) is 0 Å². The highest BCUT2D eigenvalue weighted by molar-refractivity contribution is 6.35. The Kier molecular flexibility index (Phi) is 7.63. The Labute approximate surface area is 124 Å². The monoisotopic (exact) mass is 303 g/mol. The molecule has 106 valence electrons. The van der Waals surface area contributed by atoms with Gasteiger partial charge in [0.15, 0.2) is 5.96 Å². The van der Waals surface area contributed by atoms with Gasteiger partial charge in [0, 0.05) is 43.9 Å². The second-order valence-corrected chi connectivity index (χ2v) is 4.78. The molecule has 0 atom stereocenters. The Bertz CT molecular complexity index is 424. The van der Waals surface area contributed by atoms with Crippen LogP contribution in [0.3, 0.4) is 0 Å². The Balaban J connectivity index is 2.40. The van der Waals surface area contributed by atoms with Gasteiger partial charge in [0.1, 0.15) is 0 Å². The molecular formula is C13H19Cl2N3O. The predicted molar refractivity (Wildman–Crippen MR) is 81.2 cm³/mol. The zero-order chi connectivity index (χ0) is 14.1. The van der Waals surface area contributed by atoms with E-state index in [1.54, 1.807) is 20.2 Å². The summed E-state index contributed by atoms with van der Waals surface area (Å²) >= 11 is 12.0. The van der Waals surface area contributed by atoms with Crippen molar-refractivity contribution in [1.82, 2.24) is 10.6 Å². The third kappa shape index (κ3) is 6.14. The smallest absolute Gasteiger partial charge is 0.191 e. The van der Waals surface area contributed by atoms with Crippen molar-refractivity contribution in [3.05, 3.63) is 33.8 Å². The Hall–Kier alpha value is -0.970. The summed E-state index contributed by atoms with van der Waals surface area (Å²) in [5, 5.41) is 7.67. The van der Waals surface area contributed by atoms with E-state index in [2.05, 4.69) is 15.6 Å². The first-order valence-electron chi connectivity index (χ1n) is 6.04. The molecule has 0 aromatic heterocycles. The molecule has 6 heteroatoms. The second kappa shape index (κ2) is 9.02. The van der Waals surface area contributed by atoms with E-state index in [-0.39, 0.29) is 0 Å². The second-order valence-electron chi connectivity index (χ2n) is 3.93. The largest absolute Gasteiger partial charge is 0.385 e. The number of ether oxygens (including phenoxy) is 1. The van der Waals surface area contributed by atoms with Gasteiger partial charge in [-0.25, -0.2) is 0 Å². The molecule has 0 amide bonds. The Morgan fingerprint density at radius 1 is 1.32 bits per heavy atom. The molecule has 0 saturated carbocycles. The fourth-order valence-electron chi connectivity index (χ4n) is 1.49. The molecule has 1 aromatic rings. The summed E-state index contributed by atoms with van der Waals surface area (Å²) in [4.78, 5) is 4.13. The minimum atomic E-state index is 0.597. The van der Waals surface area contributed by atoms with Crippen molar-refractivity contribution in [2.24, 2.45) is 4.99 Å². The van der Waals surface area contributed by atoms with Crippen LogP contribution in [0.4, 0.5) is 0 Å². The van der Waals surface area contributed by atoms with E-state index in [0.29, 0.717) is 16.6 Å². The SMILES string of the molecule is CN=C(NCCCOC)NCc1ccc(Cl)cc1Cl. The quantitative estimate of drug-likeness (QED) is 0.482. The maximum Gasteiger partial charge on any atom is 0.191 e. The average molecular weight is 304 g/mol. The van der Waals surface area contributed by atoms with Crippen molar-refractivity contribution in [2.75, 3.05) is 27.3 Å². The molecule has 19 heavy (non-hydrogen) atoms. The molecular weight excluding hydrogens is 285 g/mol. The lowest BCUT2D eigenvalue weighted by atomic mass is 10.2. The van der Waals surface area contributed by atoms with E-state index in [1.807, 2.05) is 12.1 Å². The number of hydrogen-bond acceptors (Lipinski definition) is 2. The zero-order valence-corrected chi connectivity index (χ0v) is 12.7. The van der Waals surface area contributed by atoms with Gasteiger partial charge in [0.25, 0.3) is 0 Å². The summed E-state index contributed by atoms with van der Waals surface area (Å²) in [6.45, 7) is 2.13. The zero-order valence-electron chi connectivity index (χ0n) is 11.2. The van der Waals surface area contributed by atoms with Gasteiger partial charge < -0.3 is 15.4 Å². The summed E-state index contributed by atoms with van der Waals surface area (Å²) in [5.41, 5.74) is 0.978. The highest BCUT2D eigenvalue weighted by Gasteiger charge is 2.02. The first-order chi connectivity index (χ1) is 9.17. The van der Waals surface area contributed by atoms with Crippen LogP contribution in [0.1, 0.15) is 12.0 Å². The minimum absolute atomic E-state index is 0.597. The van der Waals surface area contributed by atoms with Crippen molar-refractivity contribution in [1.29, 1.82) is 0 Å². The van der Waals surface area contributed by atoms with Gasteiger partial charge in [-0.1, -0.05) is 29.3 Å². The van der Waals surface area contributed by atoms with E-state index in [4.69, 9.17) is 27.9 Å². The van der Waals surface area contributed by atoms with Gasteiger partial charge in [0.2, 0.25) is 0 Å². The summed E-state index contributed by atoms with van der Waals surface area (Å²) in [5.74, 6) is 0.738. The molecule has 0 heterocycles. The fourth-order valence-corrected chi connectivity index (χ4v) is 1.96. The number of hydrogen-bond donors (Lipinski definition) is 2. The number of guanidine groups is 1. The molecule has 0 saturated heterocycles. The lowest BCUT2D eigenvalue weighted by molar-refractivity contribution is 0.195. The van der Waals surface area contributed by atoms with Gasteiger partial charge in [-0.15, -0.1) is 0 Å². The lowest BCUT2D eigenvalue weighted by Crippen LogP contribution is -2.37. The summed E-state index contributed by atoms with van der Waals surface area (Å²) in [6.07, 6.45) is 0.929. The Morgan fingerprint density at radius 3 is 2.74 bits per heavy atom. The highest BCUT2D eigenvalue weighted by Crippen LogP contribution is 2.20. The minimum Gasteiger partial charge on any atom is -0.385 e. The normalized spacial score (nSPS) is 11.5. The first-order valence-corrected chi connectivity index (χ1v) is 6.80. The van der Waals surface area contributed by atoms with Crippen LogP contribution in [0.2, 0.25) is 10.0 Å². The number of nitrogens with zero attached hydrogens (tertiary/aromatic N) is 1. The number of methoxy groups -OCH3 is 1. The van der Waals surface area contributed by atoms with Crippen LogP contribution < -0.4 is 10.6 Å². The molecule has 0 aliphatic carbocycles. The maximum absolute atomic E-state index is 6.10. The van der Waals surface area contributed by atoms with Crippen molar-refractivity contribution >= 4 is 29.2 Å². The number of benzene rings is 1. The fraction of sp³-hybridized carbons (Fsp3) is 0.462. The van der Waals surface area contributed by atoms with Gasteiger partial charge in [-0.3, -0.25) is 4.99 Å². The number of rotatable bonds is 6. The van der Waals surface area contributed by atoms with Crippen LogP contribution in [0.15, 0.2) is 23.2 Å². The van der Waals surface area contributed by atoms with E-state index in [1.165, 1.54) is 0 Å². The van der Waals surface area contributed by atoms with Gasteiger partial charge in [-0.05, 0) is 24.1 Å². The summed E-state index contributed by atoms with van der Waals surface area (Å²) in [7, 11) is 3.42. The maximum atomic E-state index is 6.10. The van der Waals surface area contributed by atoms with Crippen LogP contribution in [0.5, 0.6) is 0 Å². The Morgan fingerprint density at radius 2 is 2.11 bits per heavy atom. The summed E-state index contributed by atoms with van der Waals surface area (Å²) < 4.78 is 4.98. The molecule has 2 N–H and O–H groups in total. The summed E-state index contributed by atoms with van der Waals surface area (Å²) in [6, 6.07) is 5.45. The molecule has 0 aliphatic rings. The topological polar surface area (TPSA) is 45.7 Å². The van der Waals surface area contributed by atoms with Gasteiger partial charge in [0.05, 0.1) is 0 Å². The van der Waals surface area contributed by atoms with Crippen molar-refractivity contribution < 1.29 is 4.74 Å². The third-order valence-corrected chi connectivity index (χ3v) is 3.09. The van der Waals surface area contributed by atoms with Crippen LogP contribution in [-0.4, -0.2) is 33.3 Å². The number of nitrogens with one attached hydrogen (secondary N) is 2. The van der Waals surface area contributed by atoms with Crippen LogP contribution in [0, 0.1) is 0 Å². The van der Waals surface area contributed by atoms with Crippen LogP contribution in [0.25, 0.3) is 0 Å². The molecule has 1 aromatic carbocycles. The molecule has 4 nitrogen and oxygen atoms in total. The average Bonchev–Trinajstić information content (AvgIpc) is 2.40. The lowest BCUT2D eigenvalue weighted by Gasteiger charge is -2.12. The molecule has 0 unspecified atom stereocenters. The van der Waals surface area contributed by atoms with Gasteiger partial charge in [-0.2, -0.15) is 0 Å². The standard InChI is InChI=1S/C13H19Cl2N3O/c1-16-13(17-6-3-7-19-2)18-9-10-4-5-11(14)8-12(10)15/h4-5,8H,3,6-7,9H2,1-2H3,(H2,16,17,18). The molecule has 0 fully saturated rings. The highest BCUT2D eigenvalue weighted by atomic mass is 35.5. The van der Waals surface area contributed by atoms with Crippen LogP contribution in [-0.2, 0) is 11.3 Å². The molecule has 0 radical (unpaired) electrons. The van der Waals surface area contributed by atoms with E-state index in [0.717, 1.165) is 31.1 Å².